The van der Waals surface area contributed by atoms with E-state index in [1.807, 2.05) is 31.2 Å². The highest BCUT2D eigenvalue weighted by molar-refractivity contribution is 7.09. The number of carbonyl (C=O) groups is 1. The normalized spacial score (nSPS) is 23.4. The highest BCUT2D eigenvalue weighted by atomic mass is 32.1. The van der Waals surface area contributed by atoms with Gasteiger partial charge in [0.2, 0.25) is 0 Å². The maximum Gasteiger partial charge on any atom is 0.271 e. The molecule has 24 heavy (non-hydrogen) atoms. The largest absolute Gasteiger partial charge is 0.394 e. The molecule has 2 heterocycles. The van der Waals surface area contributed by atoms with Crippen molar-refractivity contribution >= 4 is 17.2 Å². The van der Waals surface area contributed by atoms with Crippen molar-refractivity contribution in [3.8, 4) is 0 Å². The van der Waals surface area contributed by atoms with E-state index in [2.05, 4.69) is 10.3 Å². The Morgan fingerprint density at radius 1 is 1.46 bits per heavy atom. The van der Waals surface area contributed by atoms with Crippen LogP contribution in [0.25, 0.3) is 0 Å². The Kier molecular flexibility index (Phi) is 5.25. The first-order chi connectivity index (χ1) is 11.6. The second kappa shape index (κ2) is 7.40. The van der Waals surface area contributed by atoms with E-state index in [0.717, 1.165) is 11.1 Å². The molecule has 128 valence electrons. The number of aryl methyl sites for hydroxylation is 1. The molecule has 2 aromatic rings. The van der Waals surface area contributed by atoms with E-state index in [1.165, 1.54) is 11.3 Å². The Balaban J connectivity index is 1.61. The molecule has 0 spiro atoms. The molecule has 0 aliphatic carbocycles. The lowest BCUT2D eigenvalue weighted by molar-refractivity contribution is -0.0226. The van der Waals surface area contributed by atoms with Gasteiger partial charge in [0.15, 0.2) is 0 Å². The average molecular weight is 348 g/mol. The Hall–Kier alpha value is -1.80. The van der Waals surface area contributed by atoms with Gasteiger partial charge >= 0.3 is 0 Å². The number of thiazole rings is 1. The van der Waals surface area contributed by atoms with Crippen molar-refractivity contribution in [1.82, 2.24) is 10.3 Å². The molecule has 1 aliphatic heterocycles. The zero-order valence-corrected chi connectivity index (χ0v) is 14.1. The highest BCUT2D eigenvalue weighted by Gasteiger charge is 2.36. The number of aromatic nitrogens is 1. The van der Waals surface area contributed by atoms with E-state index in [0.29, 0.717) is 23.7 Å². The van der Waals surface area contributed by atoms with Crippen molar-refractivity contribution in [2.45, 2.75) is 38.2 Å². The molecule has 0 saturated carbocycles. The van der Waals surface area contributed by atoms with Crippen LogP contribution in [-0.4, -0.2) is 39.9 Å². The SMILES string of the molecule is Cc1ccccc1CNC(=O)c1csc([C@@H]2C[C@H](O)[C@@H](CO)O2)n1. The number of amides is 1. The third-order valence-corrected chi connectivity index (χ3v) is 5.07. The van der Waals surface area contributed by atoms with Crippen LogP contribution >= 0.6 is 11.3 Å². The molecule has 1 aliphatic rings. The number of hydrogen-bond acceptors (Lipinski definition) is 6. The fraction of sp³-hybridized carbons (Fsp3) is 0.412. The lowest BCUT2D eigenvalue weighted by Crippen LogP contribution is -2.24. The van der Waals surface area contributed by atoms with Crippen LogP contribution < -0.4 is 5.32 Å². The number of aliphatic hydroxyl groups is 2. The molecular formula is C17H20N2O4S. The van der Waals surface area contributed by atoms with Gasteiger partial charge in [-0.05, 0) is 18.1 Å². The van der Waals surface area contributed by atoms with E-state index < -0.39 is 12.2 Å². The van der Waals surface area contributed by atoms with Gasteiger partial charge in [0.25, 0.3) is 5.91 Å². The molecule has 3 N–H and O–H groups in total. The Morgan fingerprint density at radius 2 is 2.25 bits per heavy atom. The van der Waals surface area contributed by atoms with Crippen molar-refractivity contribution in [1.29, 1.82) is 0 Å². The van der Waals surface area contributed by atoms with Crippen molar-refractivity contribution < 1.29 is 19.7 Å². The minimum absolute atomic E-state index is 0.229. The lowest BCUT2D eigenvalue weighted by atomic mass is 10.1. The van der Waals surface area contributed by atoms with Gasteiger partial charge in [-0.25, -0.2) is 4.98 Å². The topological polar surface area (TPSA) is 91.7 Å². The smallest absolute Gasteiger partial charge is 0.271 e. The number of nitrogens with one attached hydrogen (secondary N) is 1. The van der Waals surface area contributed by atoms with Gasteiger partial charge in [-0.1, -0.05) is 24.3 Å². The Labute approximate surface area is 144 Å². The summed E-state index contributed by atoms with van der Waals surface area (Å²) in [5, 5.41) is 24.1. The van der Waals surface area contributed by atoms with Crippen LogP contribution in [-0.2, 0) is 11.3 Å². The van der Waals surface area contributed by atoms with Gasteiger partial charge < -0.3 is 20.3 Å². The van der Waals surface area contributed by atoms with Crippen LogP contribution in [0.3, 0.4) is 0 Å². The molecule has 7 heteroatoms. The molecule has 1 fully saturated rings. The fourth-order valence-electron chi connectivity index (χ4n) is 2.67. The fourth-order valence-corrected chi connectivity index (χ4v) is 3.51. The van der Waals surface area contributed by atoms with E-state index in [9.17, 15) is 9.90 Å². The standard InChI is InChI=1S/C17H20N2O4S/c1-10-4-2-3-5-11(10)7-18-16(22)12-9-24-17(19-12)14-6-13(21)15(8-20)23-14/h2-5,9,13-15,20-21H,6-8H2,1H3,(H,18,22)/t13-,14-,15+/m0/s1. The first-order valence-corrected chi connectivity index (χ1v) is 8.69. The van der Waals surface area contributed by atoms with Crippen LogP contribution in [0, 0.1) is 6.92 Å². The predicted molar refractivity (Wildman–Crippen MR) is 89.8 cm³/mol. The predicted octanol–water partition coefficient (Wildman–Crippen LogP) is 1.56. The average Bonchev–Trinajstić information content (AvgIpc) is 3.20. The van der Waals surface area contributed by atoms with Crippen LogP contribution in [0.4, 0.5) is 0 Å². The molecule has 0 radical (unpaired) electrons. The zero-order valence-electron chi connectivity index (χ0n) is 13.3. The van der Waals surface area contributed by atoms with Gasteiger partial charge in [0, 0.05) is 18.3 Å². The first kappa shape index (κ1) is 17.0. The van der Waals surface area contributed by atoms with Crippen molar-refractivity contribution in [3.05, 3.63) is 51.5 Å². The second-order valence-corrected chi connectivity index (χ2v) is 6.72. The molecule has 0 unspecified atom stereocenters. The minimum Gasteiger partial charge on any atom is -0.394 e. The molecule has 1 amide bonds. The van der Waals surface area contributed by atoms with E-state index in [1.54, 1.807) is 5.38 Å². The van der Waals surface area contributed by atoms with E-state index in [-0.39, 0.29) is 18.6 Å². The number of rotatable bonds is 5. The summed E-state index contributed by atoms with van der Waals surface area (Å²) < 4.78 is 5.56. The number of carbonyl (C=O) groups excluding carboxylic acids is 1. The maximum absolute atomic E-state index is 12.2. The third kappa shape index (κ3) is 3.64. The number of ether oxygens (including phenoxy) is 1. The summed E-state index contributed by atoms with van der Waals surface area (Å²) in [6.07, 6.45) is -1.29. The van der Waals surface area contributed by atoms with Crippen LogP contribution in [0.2, 0.25) is 0 Å². The molecule has 1 saturated heterocycles. The maximum atomic E-state index is 12.2. The van der Waals surface area contributed by atoms with Crippen LogP contribution in [0.5, 0.6) is 0 Å². The molecule has 1 aromatic heterocycles. The monoisotopic (exact) mass is 348 g/mol. The molecule has 1 aromatic carbocycles. The van der Waals surface area contributed by atoms with Gasteiger partial charge in [0.1, 0.15) is 22.9 Å². The molecule has 3 atom stereocenters. The highest BCUT2D eigenvalue weighted by Crippen LogP contribution is 2.34. The summed E-state index contributed by atoms with van der Waals surface area (Å²) in [5.41, 5.74) is 2.53. The van der Waals surface area contributed by atoms with Gasteiger partial charge in [-0.2, -0.15) is 0 Å². The number of nitrogens with zero attached hydrogens (tertiary/aromatic N) is 1. The number of hydrogen-bond donors (Lipinski definition) is 3. The van der Waals surface area contributed by atoms with E-state index >= 15 is 0 Å². The van der Waals surface area contributed by atoms with Gasteiger partial charge in [-0.15, -0.1) is 11.3 Å². The lowest BCUT2D eigenvalue weighted by Gasteiger charge is -2.10. The third-order valence-electron chi connectivity index (χ3n) is 4.13. The van der Waals surface area contributed by atoms with Gasteiger partial charge in [-0.3, -0.25) is 4.79 Å². The second-order valence-electron chi connectivity index (χ2n) is 5.83. The van der Waals surface area contributed by atoms with Crippen LogP contribution in [0.1, 0.15) is 39.1 Å². The minimum atomic E-state index is -0.706. The Bertz CT molecular complexity index is 718. The van der Waals surface area contributed by atoms with E-state index in [4.69, 9.17) is 9.84 Å². The summed E-state index contributed by atoms with van der Waals surface area (Å²) in [6, 6.07) is 7.88. The summed E-state index contributed by atoms with van der Waals surface area (Å²) in [7, 11) is 0. The first-order valence-electron chi connectivity index (χ1n) is 7.81. The van der Waals surface area contributed by atoms with Crippen molar-refractivity contribution in [2.24, 2.45) is 0 Å². The van der Waals surface area contributed by atoms with Gasteiger partial charge in [0.05, 0.1) is 12.7 Å². The number of benzene rings is 1. The summed E-state index contributed by atoms with van der Waals surface area (Å²) in [5.74, 6) is -0.238. The Morgan fingerprint density at radius 3 is 2.96 bits per heavy atom. The van der Waals surface area contributed by atoms with Crippen molar-refractivity contribution in [3.63, 3.8) is 0 Å². The molecular weight excluding hydrogens is 328 g/mol. The van der Waals surface area contributed by atoms with Crippen LogP contribution in [0.15, 0.2) is 29.6 Å². The van der Waals surface area contributed by atoms with Crippen molar-refractivity contribution in [2.75, 3.05) is 6.61 Å². The zero-order chi connectivity index (χ0) is 17.1. The quantitative estimate of drug-likeness (QED) is 0.763. The summed E-state index contributed by atoms with van der Waals surface area (Å²) in [6.45, 7) is 2.22. The summed E-state index contributed by atoms with van der Waals surface area (Å²) in [4.78, 5) is 16.6. The number of aliphatic hydroxyl groups excluding tert-OH is 2. The molecule has 3 rings (SSSR count). The summed E-state index contributed by atoms with van der Waals surface area (Å²) >= 11 is 1.32. The molecule has 0 bridgehead atoms. The molecule has 6 nitrogen and oxygen atoms in total.